The standard InChI is InChI=1S/C12H16ClN3O2/c13-11-7-14-6-10(16-11)12(18)15-5-8-1-3-9(17)4-2-8/h6-9,17H,1-5H2,(H,15,18). The van der Waals surface area contributed by atoms with Crippen LogP contribution in [0.1, 0.15) is 36.2 Å². The molecule has 0 radical (unpaired) electrons. The highest BCUT2D eigenvalue weighted by atomic mass is 35.5. The molecule has 0 aliphatic heterocycles. The number of carbonyl (C=O) groups is 1. The second-order valence-electron chi connectivity index (χ2n) is 4.61. The number of carbonyl (C=O) groups excluding carboxylic acids is 1. The summed E-state index contributed by atoms with van der Waals surface area (Å²) in [5.41, 5.74) is 0.235. The van der Waals surface area contributed by atoms with Crippen LogP contribution in [-0.4, -0.2) is 33.6 Å². The van der Waals surface area contributed by atoms with Crippen molar-refractivity contribution in [2.24, 2.45) is 5.92 Å². The second kappa shape index (κ2) is 6.11. The molecule has 0 aromatic carbocycles. The van der Waals surface area contributed by atoms with Gasteiger partial charge < -0.3 is 10.4 Å². The van der Waals surface area contributed by atoms with E-state index in [9.17, 15) is 9.90 Å². The molecule has 0 unspecified atom stereocenters. The normalized spacial score (nSPS) is 23.7. The van der Waals surface area contributed by atoms with E-state index in [1.807, 2.05) is 0 Å². The number of aliphatic hydroxyl groups excluding tert-OH is 1. The minimum Gasteiger partial charge on any atom is -0.393 e. The van der Waals surface area contributed by atoms with Gasteiger partial charge in [-0.25, -0.2) is 4.98 Å². The number of nitrogens with zero attached hydrogens (tertiary/aromatic N) is 2. The molecule has 1 fully saturated rings. The van der Waals surface area contributed by atoms with Crippen LogP contribution in [0, 0.1) is 5.92 Å². The maximum atomic E-state index is 11.8. The molecule has 2 rings (SSSR count). The van der Waals surface area contributed by atoms with Gasteiger partial charge in [0.25, 0.3) is 5.91 Å². The third kappa shape index (κ3) is 3.65. The average molecular weight is 270 g/mol. The van der Waals surface area contributed by atoms with Gasteiger partial charge in [0.15, 0.2) is 0 Å². The molecule has 1 saturated carbocycles. The van der Waals surface area contributed by atoms with Crippen LogP contribution in [-0.2, 0) is 0 Å². The third-order valence-electron chi connectivity index (χ3n) is 3.21. The third-order valence-corrected chi connectivity index (χ3v) is 3.39. The zero-order valence-electron chi connectivity index (χ0n) is 9.97. The smallest absolute Gasteiger partial charge is 0.271 e. The molecular formula is C12H16ClN3O2. The van der Waals surface area contributed by atoms with E-state index in [0.717, 1.165) is 25.7 Å². The van der Waals surface area contributed by atoms with Gasteiger partial charge in [0.05, 0.1) is 18.5 Å². The van der Waals surface area contributed by atoms with Crippen molar-refractivity contribution in [3.8, 4) is 0 Å². The average Bonchev–Trinajstić information content (AvgIpc) is 2.38. The first kappa shape index (κ1) is 13.2. The van der Waals surface area contributed by atoms with E-state index in [1.54, 1.807) is 0 Å². The first-order valence-corrected chi connectivity index (χ1v) is 6.47. The monoisotopic (exact) mass is 269 g/mol. The summed E-state index contributed by atoms with van der Waals surface area (Å²) >= 11 is 5.67. The van der Waals surface area contributed by atoms with E-state index >= 15 is 0 Å². The van der Waals surface area contributed by atoms with Gasteiger partial charge in [0.2, 0.25) is 0 Å². The van der Waals surface area contributed by atoms with Crippen molar-refractivity contribution in [1.82, 2.24) is 15.3 Å². The molecule has 0 spiro atoms. The Morgan fingerprint density at radius 2 is 2.11 bits per heavy atom. The van der Waals surface area contributed by atoms with Gasteiger partial charge in [-0.1, -0.05) is 11.6 Å². The van der Waals surface area contributed by atoms with E-state index in [1.165, 1.54) is 12.4 Å². The molecule has 98 valence electrons. The fourth-order valence-electron chi connectivity index (χ4n) is 2.13. The van der Waals surface area contributed by atoms with Crippen molar-refractivity contribution in [3.63, 3.8) is 0 Å². The highest BCUT2D eigenvalue weighted by molar-refractivity contribution is 6.29. The van der Waals surface area contributed by atoms with Crippen molar-refractivity contribution in [2.45, 2.75) is 31.8 Å². The Bertz CT molecular complexity index is 420. The van der Waals surface area contributed by atoms with Crippen LogP contribution in [0.15, 0.2) is 12.4 Å². The van der Waals surface area contributed by atoms with Crippen molar-refractivity contribution in [2.75, 3.05) is 6.54 Å². The van der Waals surface area contributed by atoms with E-state index in [2.05, 4.69) is 15.3 Å². The topological polar surface area (TPSA) is 75.1 Å². The lowest BCUT2D eigenvalue weighted by Gasteiger charge is -2.25. The van der Waals surface area contributed by atoms with Crippen LogP contribution < -0.4 is 5.32 Å². The van der Waals surface area contributed by atoms with Crippen LogP contribution >= 0.6 is 11.6 Å². The first-order chi connectivity index (χ1) is 8.65. The summed E-state index contributed by atoms with van der Waals surface area (Å²) in [6.07, 6.45) is 6.14. The van der Waals surface area contributed by atoms with Crippen LogP contribution in [0.4, 0.5) is 0 Å². The van der Waals surface area contributed by atoms with E-state index in [0.29, 0.717) is 12.5 Å². The largest absolute Gasteiger partial charge is 0.393 e. The molecule has 5 nitrogen and oxygen atoms in total. The molecular weight excluding hydrogens is 254 g/mol. The quantitative estimate of drug-likeness (QED) is 0.870. The SMILES string of the molecule is O=C(NCC1CCC(O)CC1)c1cncc(Cl)n1. The predicted octanol–water partition coefficient (Wildman–Crippen LogP) is 1.41. The molecule has 0 bridgehead atoms. The number of nitrogens with one attached hydrogen (secondary N) is 1. The molecule has 18 heavy (non-hydrogen) atoms. The van der Waals surface area contributed by atoms with Crippen LogP contribution in [0.25, 0.3) is 0 Å². The Balaban J connectivity index is 1.81. The van der Waals surface area contributed by atoms with Crippen molar-refractivity contribution in [3.05, 3.63) is 23.2 Å². The lowest BCUT2D eigenvalue weighted by Crippen LogP contribution is -2.32. The molecule has 0 atom stereocenters. The Labute approximate surface area is 111 Å². The molecule has 1 aliphatic carbocycles. The molecule has 1 aliphatic rings. The zero-order valence-corrected chi connectivity index (χ0v) is 10.7. The van der Waals surface area contributed by atoms with Gasteiger partial charge in [-0.2, -0.15) is 0 Å². The molecule has 1 heterocycles. The number of hydrogen-bond donors (Lipinski definition) is 2. The van der Waals surface area contributed by atoms with Gasteiger partial charge in [-0.05, 0) is 31.6 Å². The second-order valence-corrected chi connectivity index (χ2v) is 5.00. The Hall–Kier alpha value is -1.20. The van der Waals surface area contributed by atoms with Gasteiger partial charge in [0, 0.05) is 6.54 Å². The fourth-order valence-corrected chi connectivity index (χ4v) is 2.28. The number of aliphatic hydroxyl groups is 1. The number of rotatable bonds is 3. The summed E-state index contributed by atoms with van der Waals surface area (Å²) < 4.78 is 0. The number of halogens is 1. The molecule has 1 aromatic rings. The predicted molar refractivity (Wildman–Crippen MR) is 67.3 cm³/mol. The fraction of sp³-hybridized carbons (Fsp3) is 0.583. The maximum Gasteiger partial charge on any atom is 0.271 e. The van der Waals surface area contributed by atoms with E-state index in [-0.39, 0.29) is 22.9 Å². The lowest BCUT2D eigenvalue weighted by atomic mass is 9.87. The maximum absolute atomic E-state index is 11.8. The molecule has 2 N–H and O–H groups in total. The van der Waals surface area contributed by atoms with Crippen LogP contribution in [0.2, 0.25) is 5.15 Å². The van der Waals surface area contributed by atoms with Crippen molar-refractivity contribution in [1.29, 1.82) is 0 Å². The lowest BCUT2D eigenvalue weighted by molar-refractivity contribution is 0.0905. The molecule has 0 saturated heterocycles. The summed E-state index contributed by atoms with van der Waals surface area (Å²) in [6, 6.07) is 0. The molecule has 6 heteroatoms. The summed E-state index contributed by atoms with van der Waals surface area (Å²) in [7, 11) is 0. The van der Waals surface area contributed by atoms with E-state index in [4.69, 9.17) is 11.6 Å². The molecule has 1 aromatic heterocycles. The summed E-state index contributed by atoms with van der Waals surface area (Å²) in [4.78, 5) is 19.5. The Morgan fingerprint density at radius 1 is 1.39 bits per heavy atom. The highest BCUT2D eigenvalue weighted by Crippen LogP contribution is 2.23. The number of hydrogen-bond acceptors (Lipinski definition) is 4. The van der Waals surface area contributed by atoms with Gasteiger partial charge in [-0.15, -0.1) is 0 Å². The Morgan fingerprint density at radius 3 is 2.78 bits per heavy atom. The number of aromatic nitrogens is 2. The highest BCUT2D eigenvalue weighted by Gasteiger charge is 2.20. The van der Waals surface area contributed by atoms with Gasteiger partial charge >= 0.3 is 0 Å². The minimum absolute atomic E-state index is 0.171. The molecule has 1 amide bonds. The van der Waals surface area contributed by atoms with Crippen molar-refractivity contribution < 1.29 is 9.90 Å². The summed E-state index contributed by atoms with van der Waals surface area (Å²) in [6.45, 7) is 0.611. The summed E-state index contributed by atoms with van der Waals surface area (Å²) in [5, 5.41) is 12.4. The van der Waals surface area contributed by atoms with Crippen LogP contribution in [0.5, 0.6) is 0 Å². The van der Waals surface area contributed by atoms with Crippen LogP contribution in [0.3, 0.4) is 0 Å². The minimum atomic E-state index is -0.254. The Kier molecular flexibility index (Phi) is 4.49. The van der Waals surface area contributed by atoms with Gasteiger partial charge in [0.1, 0.15) is 10.8 Å². The van der Waals surface area contributed by atoms with Crippen molar-refractivity contribution >= 4 is 17.5 Å². The van der Waals surface area contributed by atoms with E-state index < -0.39 is 0 Å². The summed E-state index contributed by atoms with van der Waals surface area (Å²) in [5.74, 6) is 0.181. The number of amides is 1. The zero-order chi connectivity index (χ0) is 13.0. The van der Waals surface area contributed by atoms with Gasteiger partial charge in [-0.3, -0.25) is 9.78 Å². The first-order valence-electron chi connectivity index (χ1n) is 6.09.